The Bertz CT molecular complexity index is 1800. The Morgan fingerprint density at radius 1 is 0.958 bits per heavy atom. The molecule has 252 valence electrons. The molecule has 11 heteroatoms. The molecule has 48 heavy (non-hydrogen) atoms. The number of carbonyl (C=O) groups excluding carboxylic acids is 1. The monoisotopic (exact) mass is 689 g/mol. The number of rotatable bonds is 13. The van der Waals surface area contributed by atoms with Crippen molar-refractivity contribution in [2.24, 2.45) is 5.92 Å². The fourth-order valence-electron chi connectivity index (χ4n) is 6.61. The Balaban J connectivity index is 1.23. The number of aliphatic hydroxyl groups is 1. The van der Waals surface area contributed by atoms with Crippen LogP contribution in [0.2, 0.25) is 10.0 Å². The molecular weight excluding hydrogens is 649 g/mol. The first kappa shape index (κ1) is 34.1. The van der Waals surface area contributed by atoms with Crippen LogP contribution < -0.4 is 20.1 Å². The molecule has 3 N–H and O–H groups in total. The molecule has 1 aliphatic heterocycles. The second kappa shape index (κ2) is 15.2. The SMILES string of the molecule is COc1nc(-c2cccc(-c3cccc(-c4cc(C)c(CNCC5CC(O)C5)c(OC)n4)c3Cl)c2Cl)cnc1CCC[C@@H]1CCC(=O)N1. The molecule has 1 saturated carbocycles. The van der Waals surface area contributed by atoms with Crippen LogP contribution in [0, 0.1) is 12.8 Å². The first-order chi connectivity index (χ1) is 23.2. The number of aryl methyl sites for hydroxylation is 2. The number of aliphatic hydroxyl groups excluding tert-OH is 1. The molecule has 4 aromatic rings. The number of aromatic nitrogens is 3. The van der Waals surface area contributed by atoms with Crippen LogP contribution in [0.15, 0.2) is 48.7 Å². The van der Waals surface area contributed by atoms with Crippen LogP contribution in [-0.2, 0) is 17.8 Å². The van der Waals surface area contributed by atoms with Gasteiger partial charge in [-0.3, -0.25) is 9.78 Å². The van der Waals surface area contributed by atoms with Crippen LogP contribution in [0.5, 0.6) is 11.8 Å². The molecule has 6 rings (SSSR count). The number of nitrogens with zero attached hydrogens (tertiary/aromatic N) is 3. The highest BCUT2D eigenvalue weighted by atomic mass is 35.5. The summed E-state index contributed by atoms with van der Waals surface area (Å²) in [6, 6.07) is 13.9. The van der Waals surface area contributed by atoms with Gasteiger partial charge in [0.25, 0.3) is 0 Å². The maximum absolute atomic E-state index is 11.5. The molecule has 2 fully saturated rings. The summed E-state index contributed by atoms with van der Waals surface area (Å²) in [7, 11) is 3.22. The summed E-state index contributed by atoms with van der Waals surface area (Å²) in [5, 5.41) is 17.1. The van der Waals surface area contributed by atoms with E-state index in [1.54, 1.807) is 20.4 Å². The van der Waals surface area contributed by atoms with E-state index in [-0.39, 0.29) is 18.1 Å². The molecule has 0 unspecified atom stereocenters. The largest absolute Gasteiger partial charge is 0.481 e. The van der Waals surface area contributed by atoms with Gasteiger partial charge in [-0.1, -0.05) is 59.6 Å². The van der Waals surface area contributed by atoms with Gasteiger partial charge in [-0.15, -0.1) is 0 Å². The lowest BCUT2D eigenvalue weighted by atomic mass is 9.82. The van der Waals surface area contributed by atoms with Crippen molar-refractivity contribution in [3.63, 3.8) is 0 Å². The smallest absolute Gasteiger partial charge is 0.235 e. The minimum atomic E-state index is -0.161. The molecular formula is C37H41Cl2N5O4. The van der Waals surface area contributed by atoms with E-state index < -0.39 is 0 Å². The molecule has 0 radical (unpaired) electrons. The number of ether oxygens (including phenoxy) is 2. The molecule has 0 spiro atoms. The average molecular weight is 691 g/mol. The van der Waals surface area contributed by atoms with E-state index in [2.05, 4.69) is 10.6 Å². The average Bonchev–Trinajstić information content (AvgIpc) is 3.49. The number of carbonyl (C=O) groups is 1. The van der Waals surface area contributed by atoms with Crippen molar-refractivity contribution in [2.75, 3.05) is 20.8 Å². The fraction of sp³-hybridized carbons (Fsp3) is 0.405. The van der Waals surface area contributed by atoms with Crippen molar-refractivity contribution in [3.05, 3.63) is 75.5 Å². The van der Waals surface area contributed by atoms with E-state index >= 15 is 0 Å². The lowest BCUT2D eigenvalue weighted by molar-refractivity contribution is -0.119. The predicted octanol–water partition coefficient (Wildman–Crippen LogP) is 6.97. The maximum atomic E-state index is 11.5. The number of halogens is 2. The maximum Gasteiger partial charge on any atom is 0.235 e. The highest BCUT2D eigenvalue weighted by molar-refractivity contribution is 6.39. The van der Waals surface area contributed by atoms with E-state index in [1.165, 1.54) is 0 Å². The Morgan fingerprint density at radius 2 is 1.60 bits per heavy atom. The van der Waals surface area contributed by atoms with Crippen LogP contribution in [0.3, 0.4) is 0 Å². The topological polar surface area (TPSA) is 118 Å². The Kier molecular flexibility index (Phi) is 10.8. The molecule has 2 aliphatic rings. The molecule has 2 aromatic heterocycles. The van der Waals surface area contributed by atoms with Gasteiger partial charge in [0.05, 0.1) is 48.0 Å². The van der Waals surface area contributed by atoms with Crippen molar-refractivity contribution in [1.29, 1.82) is 0 Å². The van der Waals surface area contributed by atoms with Crippen molar-refractivity contribution in [2.45, 2.75) is 70.6 Å². The molecule has 1 amide bonds. The van der Waals surface area contributed by atoms with Gasteiger partial charge in [-0.2, -0.15) is 0 Å². The van der Waals surface area contributed by atoms with E-state index in [0.29, 0.717) is 64.1 Å². The number of methoxy groups -OCH3 is 2. The second-order valence-electron chi connectivity index (χ2n) is 12.7. The highest BCUT2D eigenvalue weighted by Gasteiger charge is 2.27. The zero-order valence-electron chi connectivity index (χ0n) is 27.5. The number of hydrogen-bond acceptors (Lipinski definition) is 8. The van der Waals surface area contributed by atoms with E-state index in [9.17, 15) is 9.90 Å². The minimum absolute atomic E-state index is 0.126. The predicted molar refractivity (Wildman–Crippen MR) is 189 cm³/mol. The van der Waals surface area contributed by atoms with Crippen molar-refractivity contribution in [1.82, 2.24) is 25.6 Å². The van der Waals surface area contributed by atoms with Gasteiger partial charge < -0.3 is 25.2 Å². The van der Waals surface area contributed by atoms with Gasteiger partial charge in [0, 0.05) is 46.8 Å². The fourth-order valence-corrected chi connectivity index (χ4v) is 7.26. The minimum Gasteiger partial charge on any atom is -0.481 e. The van der Waals surface area contributed by atoms with Crippen LogP contribution >= 0.6 is 23.2 Å². The number of benzene rings is 2. The third-order valence-corrected chi connectivity index (χ3v) is 10.2. The Morgan fingerprint density at radius 3 is 2.23 bits per heavy atom. The van der Waals surface area contributed by atoms with E-state index in [1.807, 2.05) is 49.4 Å². The lowest BCUT2D eigenvalue weighted by Crippen LogP contribution is -2.36. The van der Waals surface area contributed by atoms with Crippen LogP contribution in [0.4, 0.5) is 0 Å². The van der Waals surface area contributed by atoms with E-state index in [4.69, 9.17) is 47.6 Å². The van der Waals surface area contributed by atoms with Crippen molar-refractivity contribution >= 4 is 29.1 Å². The Labute approximate surface area is 291 Å². The quantitative estimate of drug-likeness (QED) is 0.138. The van der Waals surface area contributed by atoms with Gasteiger partial charge >= 0.3 is 0 Å². The molecule has 1 aliphatic carbocycles. The number of nitrogens with one attached hydrogen (secondary N) is 2. The summed E-state index contributed by atoms with van der Waals surface area (Å²) < 4.78 is 11.4. The summed E-state index contributed by atoms with van der Waals surface area (Å²) >= 11 is 14.2. The van der Waals surface area contributed by atoms with Gasteiger partial charge in [0.15, 0.2) is 0 Å². The van der Waals surface area contributed by atoms with Gasteiger partial charge in [0.2, 0.25) is 17.7 Å². The molecule has 3 heterocycles. The van der Waals surface area contributed by atoms with Crippen LogP contribution in [0.1, 0.15) is 55.3 Å². The van der Waals surface area contributed by atoms with Crippen molar-refractivity contribution < 1.29 is 19.4 Å². The standard InChI is InChI=1S/C37H41Cl2N5O4/c1-21-15-31(43-36(47-2)29(21)19-40-18-22-16-24(45)17-22)27-10-5-8-25(34(27)38)26-9-6-11-28(35(26)39)32-20-41-30(37(44-32)48-3)12-4-7-23-13-14-33(46)42-23/h5-6,8-11,15,20,22-24,40,45H,4,7,12-14,16-19H2,1-3H3,(H,42,46)/t22?,23-,24?/m1/s1. The lowest BCUT2D eigenvalue weighted by Gasteiger charge is -2.31. The number of pyridine rings is 1. The summed E-state index contributed by atoms with van der Waals surface area (Å²) in [5.41, 5.74) is 7.11. The zero-order valence-corrected chi connectivity index (χ0v) is 29.0. The highest BCUT2D eigenvalue weighted by Crippen LogP contribution is 2.42. The molecule has 1 atom stereocenters. The van der Waals surface area contributed by atoms with Crippen LogP contribution in [-0.4, -0.2) is 58.9 Å². The first-order valence-electron chi connectivity index (χ1n) is 16.5. The summed E-state index contributed by atoms with van der Waals surface area (Å²) in [6.07, 6.45) is 7.19. The molecule has 2 aromatic carbocycles. The van der Waals surface area contributed by atoms with E-state index in [0.717, 1.165) is 72.2 Å². The zero-order chi connectivity index (χ0) is 33.8. The third kappa shape index (κ3) is 7.44. The first-order valence-corrected chi connectivity index (χ1v) is 17.2. The Hall–Kier alpha value is -3.76. The van der Waals surface area contributed by atoms with Crippen molar-refractivity contribution in [3.8, 4) is 45.4 Å². The van der Waals surface area contributed by atoms with Gasteiger partial charge in [-0.25, -0.2) is 9.97 Å². The van der Waals surface area contributed by atoms with Gasteiger partial charge in [-0.05, 0) is 69.5 Å². The van der Waals surface area contributed by atoms with Gasteiger partial charge in [0.1, 0.15) is 5.69 Å². The second-order valence-corrected chi connectivity index (χ2v) is 13.4. The molecule has 0 bridgehead atoms. The van der Waals surface area contributed by atoms with Crippen LogP contribution in [0.25, 0.3) is 33.6 Å². The molecule has 1 saturated heterocycles. The normalized spacial score (nSPS) is 18.8. The number of amides is 1. The summed E-state index contributed by atoms with van der Waals surface area (Å²) in [4.78, 5) is 25.8. The number of hydrogen-bond donors (Lipinski definition) is 3. The summed E-state index contributed by atoms with van der Waals surface area (Å²) in [6.45, 7) is 3.52. The third-order valence-electron chi connectivity index (χ3n) is 9.34. The molecule has 9 nitrogen and oxygen atoms in total. The summed E-state index contributed by atoms with van der Waals surface area (Å²) in [5.74, 6) is 1.64.